The summed E-state index contributed by atoms with van der Waals surface area (Å²) in [5.41, 5.74) is 3.28. The summed E-state index contributed by atoms with van der Waals surface area (Å²) in [5, 5.41) is 0. The van der Waals surface area contributed by atoms with Gasteiger partial charge in [0.05, 0.1) is 12.3 Å². The van der Waals surface area contributed by atoms with Crippen molar-refractivity contribution in [2.45, 2.75) is 59.7 Å². The standard InChI is InChI=1S/C14H27NO2Si2/c1-11-13(10-16-18(3,4)5)9-15-12(2)14(11)17-19(6,7)8/h9H,10H2,1-8H3. The van der Waals surface area contributed by atoms with Gasteiger partial charge < -0.3 is 8.85 Å². The molecule has 0 fully saturated rings. The first kappa shape index (κ1) is 16.4. The van der Waals surface area contributed by atoms with E-state index in [2.05, 4.69) is 51.2 Å². The molecular formula is C14H27NO2Si2. The van der Waals surface area contributed by atoms with Crippen molar-refractivity contribution in [2.24, 2.45) is 0 Å². The van der Waals surface area contributed by atoms with Gasteiger partial charge in [-0.05, 0) is 58.7 Å². The van der Waals surface area contributed by atoms with Gasteiger partial charge in [0.25, 0.3) is 0 Å². The van der Waals surface area contributed by atoms with E-state index in [0.29, 0.717) is 6.61 Å². The summed E-state index contributed by atoms with van der Waals surface area (Å²) >= 11 is 0. The van der Waals surface area contributed by atoms with Crippen LogP contribution in [0.5, 0.6) is 5.75 Å². The minimum Gasteiger partial charge on any atom is -0.543 e. The van der Waals surface area contributed by atoms with Crippen LogP contribution in [0.1, 0.15) is 16.8 Å². The molecule has 0 aliphatic heterocycles. The molecule has 0 unspecified atom stereocenters. The highest BCUT2D eigenvalue weighted by Gasteiger charge is 2.21. The second-order valence-corrected chi connectivity index (χ2v) is 15.9. The van der Waals surface area contributed by atoms with Crippen LogP contribution >= 0.6 is 0 Å². The molecule has 1 aromatic heterocycles. The first-order chi connectivity index (χ1) is 8.49. The molecule has 0 atom stereocenters. The van der Waals surface area contributed by atoms with Gasteiger partial charge in [0.2, 0.25) is 8.32 Å². The van der Waals surface area contributed by atoms with Crippen molar-refractivity contribution in [2.75, 3.05) is 0 Å². The highest BCUT2D eigenvalue weighted by Crippen LogP contribution is 2.27. The Kier molecular flexibility index (Phi) is 4.98. The van der Waals surface area contributed by atoms with E-state index in [0.717, 1.165) is 17.0 Å². The molecule has 0 aliphatic rings. The van der Waals surface area contributed by atoms with Crippen LogP contribution in [-0.4, -0.2) is 21.6 Å². The largest absolute Gasteiger partial charge is 0.543 e. The number of aromatic nitrogens is 1. The molecule has 108 valence electrons. The van der Waals surface area contributed by atoms with Crippen molar-refractivity contribution < 1.29 is 8.85 Å². The van der Waals surface area contributed by atoms with Gasteiger partial charge >= 0.3 is 0 Å². The van der Waals surface area contributed by atoms with E-state index in [1.54, 1.807) is 0 Å². The molecule has 0 aliphatic carbocycles. The second kappa shape index (κ2) is 5.77. The summed E-state index contributed by atoms with van der Waals surface area (Å²) in [6.45, 7) is 17.9. The Balaban J connectivity index is 3.00. The molecule has 5 heteroatoms. The number of aryl methyl sites for hydroxylation is 1. The summed E-state index contributed by atoms with van der Waals surface area (Å²) in [7, 11) is -3.12. The molecule has 0 spiro atoms. The van der Waals surface area contributed by atoms with Gasteiger partial charge in [0, 0.05) is 11.8 Å². The average Bonchev–Trinajstić information content (AvgIpc) is 2.20. The highest BCUT2D eigenvalue weighted by molar-refractivity contribution is 6.70. The average molecular weight is 298 g/mol. The van der Waals surface area contributed by atoms with Gasteiger partial charge in [-0.15, -0.1) is 0 Å². The first-order valence-corrected chi connectivity index (χ1v) is 13.6. The molecule has 19 heavy (non-hydrogen) atoms. The summed E-state index contributed by atoms with van der Waals surface area (Å²) in [6.07, 6.45) is 1.92. The fourth-order valence-electron chi connectivity index (χ4n) is 1.64. The molecule has 0 saturated heterocycles. The number of nitrogens with zero attached hydrogens (tertiary/aromatic N) is 1. The van der Waals surface area contributed by atoms with Gasteiger partial charge in [-0.1, -0.05) is 0 Å². The third kappa shape index (κ3) is 5.46. The Morgan fingerprint density at radius 3 is 2.05 bits per heavy atom. The monoisotopic (exact) mass is 297 g/mol. The van der Waals surface area contributed by atoms with E-state index in [9.17, 15) is 0 Å². The van der Waals surface area contributed by atoms with E-state index in [1.165, 1.54) is 5.56 Å². The molecule has 1 aromatic rings. The molecule has 3 nitrogen and oxygen atoms in total. The van der Waals surface area contributed by atoms with Gasteiger partial charge in [-0.2, -0.15) is 0 Å². The summed E-state index contributed by atoms with van der Waals surface area (Å²) in [5.74, 6) is 0.954. The van der Waals surface area contributed by atoms with Crippen LogP contribution in [0.25, 0.3) is 0 Å². The summed E-state index contributed by atoms with van der Waals surface area (Å²) in [4.78, 5) is 4.46. The van der Waals surface area contributed by atoms with Crippen molar-refractivity contribution in [1.29, 1.82) is 0 Å². The Morgan fingerprint density at radius 1 is 1.00 bits per heavy atom. The predicted octanol–water partition coefficient (Wildman–Crippen LogP) is 4.26. The zero-order valence-electron chi connectivity index (χ0n) is 13.5. The molecule has 1 rings (SSSR count). The molecule has 0 aromatic carbocycles. The van der Waals surface area contributed by atoms with Crippen molar-refractivity contribution in [1.82, 2.24) is 4.98 Å². The second-order valence-electron chi connectivity index (χ2n) is 6.94. The van der Waals surface area contributed by atoms with Crippen LogP contribution in [0.15, 0.2) is 6.20 Å². The SMILES string of the molecule is Cc1ncc(CO[Si](C)(C)C)c(C)c1O[Si](C)(C)C. The third-order valence-electron chi connectivity index (χ3n) is 2.63. The Bertz CT molecular complexity index is 448. The fourth-order valence-corrected chi connectivity index (χ4v) is 3.15. The van der Waals surface area contributed by atoms with Crippen LogP contribution in [-0.2, 0) is 11.0 Å². The molecule has 0 radical (unpaired) electrons. The number of pyridine rings is 1. The lowest BCUT2D eigenvalue weighted by atomic mass is 10.1. The zero-order valence-corrected chi connectivity index (χ0v) is 15.5. The molecule has 1 heterocycles. The predicted molar refractivity (Wildman–Crippen MR) is 85.8 cm³/mol. The van der Waals surface area contributed by atoms with Gasteiger partial charge in [0.1, 0.15) is 5.75 Å². The van der Waals surface area contributed by atoms with Crippen molar-refractivity contribution in [3.63, 3.8) is 0 Å². The quantitative estimate of drug-likeness (QED) is 0.761. The highest BCUT2D eigenvalue weighted by atomic mass is 28.4. The number of rotatable bonds is 5. The molecule has 0 saturated carbocycles. The van der Waals surface area contributed by atoms with Gasteiger partial charge in [0.15, 0.2) is 8.32 Å². The first-order valence-electron chi connectivity index (χ1n) is 6.78. The van der Waals surface area contributed by atoms with Gasteiger partial charge in [-0.25, -0.2) is 0 Å². The topological polar surface area (TPSA) is 31.4 Å². The minimum atomic E-state index is -1.62. The van der Waals surface area contributed by atoms with E-state index >= 15 is 0 Å². The Hall–Kier alpha value is -0.656. The lowest BCUT2D eigenvalue weighted by Gasteiger charge is -2.24. The maximum atomic E-state index is 6.17. The maximum absolute atomic E-state index is 6.17. The fraction of sp³-hybridized carbons (Fsp3) is 0.643. The van der Waals surface area contributed by atoms with Crippen LogP contribution in [0.3, 0.4) is 0 Å². The van der Waals surface area contributed by atoms with E-state index in [1.807, 2.05) is 13.1 Å². The van der Waals surface area contributed by atoms with E-state index in [-0.39, 0.29) is 0 Å². The lowest BCUT2D eigenvalue weighted by Crippen LogP contribution is -2.30. The van der Waals surface area contributed by atoms with E-state index < -0.39 is 16.6 Å². The number of hydrogen-bond donors (Lipinski definition) is 0. The van der Waals surface area contributed by atoms with Crippen LogP contribution in [0, 0.1) is 13.8 Å². The van der Waals surface area contributed by atoms with Gasteiger partial charge in [-0.3, -0.25) is 4.98 Å². The smallest absolute Gasteiger partial charge is 0.242 e. The minimum absolute atomic E-state index is 0.636. The summed E-state index contributed by atoms with van der Waals surface area (Å²) < 4.78 is 12.1. The molecular weight excluding hydrogens is 270 g/mol. The van der Waals surface area contributed by atoms with Crippen molar-refractivity contribution in [3.8, 4) is 5.75 Å². The normalized spacial score (nSPS) is 12.6. The molecule has 0 amide bonds. The molecule has 0 N–H and O–H groups in total. The Labute approximate surface area is 119 Å². The van der Waals surface area contributed by atoms with Crippen LogP contribution in [0.2, 0.25) is 39.3 Å². The molecule has 0 bridgehead atoms. The zero-order chi connectivity index (χ0) is 14.8. The number of hydrogen-bond acceptors (Lipinski definition) is 3. The Morgan fingerprint density at radius 2 is 1.58 bits per heavy atom. The van der Waals surface area contributed by atoms with E-state index in [4.69, 9.17) is 8.85 Å². The lowest BCUT2D eigenvalue weighted by molar-refractivity contribution is 0.297. The van der Waals surface area contributed by atoms with Crippen LogP contribution < -0.4 is 4.43 Å². The van der Waals surface area contributed by atoms with Crippen molar-refractivity contribution in [3.05, 3.63) is 23.0 Å². The third-order valence-corrected chi connectivity index (χ3v) is 4.46. The summed E-state index contributed by atoms with van der Waals surface area (Å²) in [6, 6.07) is 0. The van der Waals surface area contributed by atoms with Crippen molar-refractivity contribution >= 4 is 16.6 Å². The maximum Gasteiger partial charge on any atom is 0.242 e. The van der Waals surface area contributed by atoms with Crippen LogP contribution in [0.4, 0.5) is 0 Å².